The topological polar surface area (TPSA) is 75.7 Å². The minimum Gasteiger partial charge on any atom is -0.406 e. The number of hydrogen-bond acceptors (Lipinski definition) is 4. The van der Waals surface area contributed by atoms with Crippen molar-refractivity contribution >= 4 is 21.6 Å². The summed E-state index contributed by atoms with van der Waals surface area (Å²) >= 11 is 0. The Morgan fingerprint density at radius 3 is 2.39 bits per heavy atom. The molecular weight excluding hydrogens is 433 g/mol. The van der Waals surface area contributed by atoms with Gasteiger partial charge >= 0.3 is 6.36 Å². The molecule has 1 amide bonds. The van der Waals surface area contributed by atoms with E-state index in [1.807, 2.05) is 32.0 Å². The summed E-state index contributed by atoms with van der Waals surface area (Å²) in [6.45, 7) is 4.05. The number of carbonyl (C=O) groups excluding carboxylic acids is 1. The minimum absolute atomic E-state index is 0.0948. The van der Waals surface area contributed by atoms with Gasteiger partial charge in [-0.15, -0.1) is 13.2 Å². The second-order valence-corrected chi connectivity index (χ2v) is 9.38. The van der Waals surface area contributed by atoms with E-state index in [-0.39, 0.29) is 29.8 Å². The van der Waals surface area contributed by atoms with Crippen LogP contribution in [0.3, 0.4) is 0 Å². The number of benzene rings is 2. The summed E-state index contributed by atoms with van der Waals surface area (Å²) in [5.41, 5.74) is 2.74. The van der Waals surface area contributed by atoms with Crippen LogP contribution in [0.1, 0.15) is 24.0 Å². The Labute approximate surface area is 179 Å². The van der Waals surface area contributed by atoms with Crippen LogP contribution in [0.5, 0.6) is 5.75 Å². The SMILES string of the molecule is Cc1cccc(NC(=O)C2CCN(S(=O)(=O)c3cccc(OC(F)(F)F)c3)CC2)c1C. The molecule has 1 aliphatic rings. The van der Waals surface area contributed by atoms with Crippen LogP contribution in [-0.4, -0.2) is 38.1 Å². The normalized spacial score (nSPS) is 16.2. The third-order valence-corrected chi connectivity index (χ3v) is 7.26. The van der Waals surface area contributed by atoms with E-state index in [1.54, 1.807) is 0 Å². The molecule has 1 saturated heterocycles. The van der Waals surface area contributed by atoms with Gasteiger partial charge in [0.25, 0.3) is 0 Å². The predicted molar refractivity (Wildman–Crippen MR) is 109 cm³/mol. The number of ether oxygens (including phenoxy) is 1. The molecule has 2 aromatic rings. The molecule has 1 fully saturated rings. The fraction of sp³-hybridized carbons (Fsp3) is 0.381. The third-order valence-electron chi connectivity index (χ3n) is 5.36. The summed E-state index contributed by atoms with van der Waals surface area (Å²) < 4.78 is 68.0. The van der Waals surface area contributed by atoms with Crippen molar-refractivity contribution in [1.29, 1.82) is 0 Å². The van der Waals surface area contributed by atoms with Crippen molar-refractivity contribution in [2.75, 3.05) is 18.4 Å². The highest BCUT2D eigenvalue weighted by Crippen LogP contribution is 2.29. The maximum atomic E-state index is 12.8. The fourth-order valence-corrected chi connectivity index (χ4v) is 4.97. The standard InChI is InChI=1S/C21H23F3N2O4S/c1-14-5-3-8-19(15(14)2)25-20(27)16-9-11-26(12-10-16)31(28,29)18-7-4-6-17(13-18)30-21(22,23)24/h3-8,13,16H,9-12H2,1-2H3,(H,25,27). The zero-order chi connectivity index (χ0) is 22.8. The zero-order valence-corrected chi connectivity index (χ0v) is 17.9. The fourth-order valence-electron chi connectivity index (χ4n) is 3.46. The zero-order valence-electron chi connectivity index (χ0n) is 17.1. The van der Waals surface area contributed by atoms with Gasteiger partial charge in [-0.1, -0.05) is 18.2 Å². The van der Waals surface area contributed by atoms with Crippen LogP contribution in [0.25, 0.3) is 0 Å². The number of nitrogens with one attached hydrogen (secondary N) is 1. The maximum Gasteiger partial charge on any atom is 0.573 e. The molecule has 1 aliphatic heterocycles. The number of nitrogens with zero attached hydrogens (tertiary/aromatic N) is 1. The minimum atomic E-state index is -4.91. The summed E-state index contributed by atoms with van der Waals surface area (Å²) in [7, 11) is -4.01. The summed E-state index contributed by atoms with van der Waals surface area (Å²) in [5, 5.41) is 2.91. The summed E-state index contributed by atoms with van der Waals surface area (Å²) in [4.78, 5) is 12.3. The number of anilines is 1. The molecule has 0 aliphatic carbocycles. The van der Waals surface area contributed by atoms with Crippen LogP contribution in [0, 0.1) is 19.8 Å². The average Bonchev–Trinajstić information content (AvgIpc) is 2.70. The van der Waals surface area contributed by atoms with Gasteiger partial charge in [-0.05, 0) is 56.0 Å². The molecule has 168 valence electrons. The molecule has 10 heteroatoms. The first-order valence-electron chi connectivity index (χ1n) is 9.70. The lowest BCUT2D eigenvalue weighted by Gasteiger charge is -2.30. The Morgan fingerprint density at radius 2 is 1.74 bits per heavy atom. The lowest BCUT2D eigenvalue weighted by molar-refractivity contribution is -0.274. The Bertz CT molecular complexity index is 1060. The van der Waals surface area contributed by atoms with Gasteiger partial charge in [0.1, 0.15) is 5.75 Å². The van der Waals surface area contributed by atoms with E-state index in [2.05, 4.69) is 10.1 Å². The van der Waals surface area contributed by atoms with Crippen molar-refractivity contribution in [3.8, 4) is 5.75 Å². The molecule has 3 rings (SSSR count). The van der Waals surface area contributed by atoms with Crippen molar-refractivity contribution < 1.29 is 31.1 Å². The highest BCUT2D eigenvalue weighted by Gasteiger charge is 2.34. The van der Waals surface area contributed by atoms with E-state index in [1.165, 1.54) is 16.4 Å². The summed E-state index contributed by atoms with van der Waals surface area (Å²) in [6, 6.07) is 9.91. The van der Waals surface area contributed by atoms with Crippen LogP contribution in [-0.2, 0) is 14.8 Å². The van der Waals surface area contributed by atoms with E-state index >= 15 is 0 Å². The quantitative estimate of drug-likeness (QED) is 0.730. The van der Waals surface area contributed by atoms with Crippen LogP contribution in [0.2, 0.25) is 0 Å². The number of hydrogen-bond donors (Lipinski definition) is 1. The Morgan fingerprint density at radius 1 is 1.10 bits per heavy atom. The van der Waals surface area contributed by atoms with Gasteiger partial charge < -0.3 is 10.1 Å². The molecule has 0 aromatic heterocycles. The Balaban J connectivity index is 1.65. The lowest BCUT2D eigenvalue weighted by atomic mass is 9.97. The molecular formula is C21H23F3N2O4S. The number of piperidine rings is 1. The van der Waals surface area contributed by atoms with Gasteiger partial charge in [0.2, 0.25) is 15.9 Å². The lowest BCUT2D eigenvalue weighted by Crippen LogP contribution is -2.41. The molecule has 2 aromatic carbocycles. The third kappa shape index (κ3) is 5.56. The van der Waals surface area contributed by atoms with Gasteiger partial charge in [0.05, 0.1) is 4.90 Å². The van der Waals surface area contributed by atoms with Crippen molar-refractivity contribution in [2.24, 2.45) is 5.92 Å². The van der Waals surface area contributed by atoms with E-state index in [4.69, 9.17) is 0 Å². The number of rotatable bonds is 5. The molecule has 31 heavy (non-hydrogen) atoms. The number of halogens is 3. The van der Waals surface area contributed by atoms with Crippen molar-refractivity contribution in [3.05, 3.63) is 53.6 Å². The maximum absolute atomic E-state index is 12.8. The van der Waals surface area contributed by atoms with Gasteiger partial charge in [-0.25, -0.2) is 8.42 Å². The monoisotopic (exact) mass is 456 g/mol. The van der Waals surface area contributed by atoms with Gasteiger partial charge in [-0.3, -0.25) is 4.79 Å². The molecule has 0 saturated carbocycles. The first-order chi connectivity index (χ1) is 14.5. The van der Waals surface area contributed by atoms with Gasteiger partial charge in [0.15, 0.2) is 0 Å². The number of carbonyl (C=O) groups is 1. The molecule has 0 unspecified atom stereocenters. The molecule has 1 N–H and O–H groups in total. The molecule has 1 heterocycles. The molecule has 0 bridgehead atoms. The Kier molecular flexibility index (Phi) is 6.61. The largest absolute Gasteiger partial charge is 0.573 e. The second kappa shape index (κ2) is 8.88. The van der Waals surface area contributed by atoms with Crippen molar-refractivity contribution in [3.63, 3.8) is 0 Å². The first kappa shape index (κ1) is 23.1. The van der Waals surface area contributed by atoms with Crippen LogP contribution >= 0.6 is 0 Å². The van der Waals surface area contributed by atoms with Crippen molar-refractivity contribution in [1.82, 2.24) is 4.31 Å². The van der Waals surface area contributed by atoms with E-state index in [0.717, 1.165) is 28.9 Å². The predicted octanol–water partition coefficient (Wildman–Crippen LogP) is 4.24. The Hall–Kier alpha value is -2.59. The van der Waals surface area contributed by atoms with E-state index in [0.29, 0.717) is 12.8 Å². The second-order valence-electron chi connectivity index (χ2n) is 7.44. The first-order valence-corrected chi connectivity index (χ1v) is 11.1. The van der Waals surface area contributed by atoms with E-state index in [9.17, 15) is 26.4 Å². The van der Waals surface area contributed by atoms with Crippen LogP contribution in [0.4, 0.5) is 18.9 Å². The number of amides is 1. The smallest absolute Gasteiger partial charge is 0.406 e. The highest BCUT2D eigenvalue weighted by molar-refractivity contribution is 7.89. The average molecular weight is 456 g/mol. The molecule has 6 nitrogen and oxygen atoms in total. The van der Waals surface area contributed by atoms with Crippen LogP contribution in [0.15, 0.2) is 47.4 Å². The number of sulfonamides is 1. The van der Waals surface area contributed by atoms with Crippen molar-refractivity contribution in [2.45, 2.75) is 37.9 Å². The summed E-state index contributed by atoms with van der Waals surface area (Å²) in [5.74, 6) is -1.13. The van der Waals surface area contributed by atoms with Crippen LogP contribution < -0.4 is 10.1 Å². The molecule has 0 atom stereocenters. The highest BCUT2D eigenvalue weighted by atomic mass is 32.2. The van der Waals surface area contributed by atoms with Gasteiger partial charge in [-0.2, -0.15) is 4.31 Å². The summed E-state index contributed by atoms with van der Waals surface area (Å²) in [6.07, 6.45) is -4.28. The number of alkyl halides is 3. The molecule has 0 spiro atoms. The number of aryl methyl sites for hydroxylation is 1. The van der Waals surface area contributed by atoms with Gasteiger partial charge in [0, 0.05) is 30.8 Å². The van der Waals surface area contributed by atoms with E-state index < -0.39 is 22.1 Å². The molecule has 0 radical (unpaired) electrons.